The average molecular weight is 324 g/mol. The van der Waals surface area contributed by atoms with Crippen molar-refractivity contribution in [2.24, 2.45) is 5.92 Å². The van der Waals surface area contributed by atoms with Crippen LogP contribution in [0.25, 0.3) is 0 Å². The van der Waals surface area contributed by atoms with Gasteiger partial charge in [-0.2, -0.15) is 0 Å². The van der Waals surface area contributed by atoms with Crippen LogP contribution in [0.4, 0.5) is 0 Å². The lowest BCUT2D eigenvalue weighted by atomic mass is 9.98. The highest BCUT2D eigenvalue weighted by molar-refractivity contribution is 5.29. The van der Waals surface area contributed by atoms with Crippen LogP contribution in [-0.2, 0) is 13.0 Å². The smallest absolute Gasteiger partial charge is 0.120 e. The first-order valence-electron chi connectivity index (χ1n) is 8.75. The predicted octanol–water partition coefficient (Wildman–Crippen LogP) is 5.16. The molecule has 0 spiro atoms. The third-order valence-electron chi connectivity index (χ3n) is 4.34. The lowest BCUT2D eigenvalue weighted by Crippen LogP contribution is -2.15. The number of aliphatic hydroxyl groups excluding tert-OH is 1. The van der Waals surface area contributed by atoms with E-state index in [1.807, 2.05) is 43.3 Å². The van der Waals surface area contributed by atoms with Gasteiger partial charge in [-0.1, -0.05) is 61.9 Å². The molecule has 0 saturated heterocycles. The molecule has 2 nitrogen and oxygen atoms in total. The SMILES string of the molecule is C=C[C@H](C)[C@H](O)CCCCc1cccc(OCc2ccccc2)c1. The molecule has 128 valence electrons. The minimum atomic E-state index is -0.275. The molecule has 0 aliphatic heterocycles. The summed E-state index contributed by atoms with van der Waals surface area (Å²) in [5, 5.41) is 9.95. The van der Waals surface area contributed by atoms with Crippen molar-refractivity contribution in [3.63, 3.8) is 0 Å². The summed E-state index contributed by atoms with van der Waals surface area (Å²) in [6, 6.07) is 18.5. The predicted molar refractivity (Wildman–Crippen MR) is 100 cm³/mol. The van der Waals surface area contributed by atoms with Gasteiger partial charge in [-0.05, 0) is 48.4 Å². The van der Waals surface area contributed by atoms with Crippen LogP contribution in [0.1, 0.15) is 37.3 Å². The Morgan fingerprint density at radius 3 is 2.54 bits per heavy atom. The van der Waals surface area contributed by atoms with Gasteiger partial charge < -0.3 is 9.84 Å². The maximum atomic E-state index is 9.95. The van der Waals surface area contributed by atoms with Gasteiger partial charge in [-0.15, -0.1) is 6.58 Å². The summed E-state index contributed by atoms with van der Waals surface area (Å²) < 4.78 is 5.87. The molecular formula is C22H28O2. The van der Waals surface area contributed by atoms with Gasteiger partial charge >= 0.3 is 0 Å². The van der Waals surface area contributed by atoms with Crippen LogP contribution in [0.3, 0.4) is 0 Å². The van der Waals surface area contributed by atoms with Crippen molar-refractivity contribution in [3.05, 3.63) is 78.4 Å². The Labute approximate surface area is 145 Å². The number of rotatable bonds is 10. The molecule has 0 aliphatic carbocycles. The van der Waals surface area contributed by atoms with Crippen LogP contribution in [0, 0.1) is 5.92 Å². The number of hydrogen-bond donors (Lipinski definition) is 1. The first-order chi connectivity index (χ1) is 11.7. The van der Waals surface area contributed by atoms with E-state index in [1.54, 1.807) is 0 Å². The molecule has 0 fully saturated rings. The quantitative estimate of drug-likeness (QED) is 0.483. The Bertz CT molecular complexity index is 606. The van der Waals surface area contributed by atoms with Gasteiger partial charge in [0.2, 0.25) is 0 Å². The summed E-state index contributed by atoms with van der Waals surface area (Å²) in [6.07, 6.45) is 5.48. The molecule has 1 N–H and O–H groups in total. The summed E-state index contributed by atoms with van der Waals surface area (Å²) in [5.41, 5.74) is 2.46. The van der Waals surface area contributed by atoms with Crippen molar-refractivity contribution in [2.75, 3.05) is 0 Å². The number of hydrogen-bond acceptors (Lipinski definition) is 2. The molecule has 24 heavy (non-hydrogen) atoms. The summed E-state index contributed by atoms with van der Waals surface area (Å²) in [4.78, 5) is 0. The molecule has 2 heteroatoms. The van der Waals surface area contributed by atoms with E-state index in [9.17, 15) is 5.11 Å². The molecule has 0 aromatic heterocycles. The van der Waals surface area contributed by atoms with Crippen LogP contribution in [0.2, 0.25) is 0 Å². The van der Waals surface area contributed by atoms with Gasteiger partial charge in [-0.3, -0.25) is 0 Å². The van der Waals surface area contributed by atoms with Gasteiger partial charge in [0, 0.05) is 0 Å². The van der Waals surface area contributed by atoms with Gasteiger partial charge in [0.25, 0.3) is 0 Å². The fourth-order valence-corrected chi connectivity index (χ4v) is 2.63. The van der Waals surface area contributed by atoms with E-state index >= 15 is 0 Å². The molecule has 0 radical (unpaired) electrons. The van der Waals surface area contributed by atoms with E-state index in [0.717, 1.165) is 31.4 Å². The molecule has 0 unspecified atom stereocenters. The molecule has 2 atom stereocenters. The van der Waals surface area contributed by atoms with Gasteiger partial charge in [0.15, 0.2) is 0 Å². The average Bonchev–Trinajstić information content (AvgIpc) is 2.64. The Hall–Kier alpha value is -2.06. The lowest BCUT2D eigenvalue weighted by Gasteiger charge is -2.14. The van der Waals surface area contributed by atoms with Crippen LogP contribution < -0.4 is 4.74 Å². The molecular weight excluding hydrogens is 296 g/mol. The monoisotopic (exact) mass is 324 g/mol. The minimum Gasteiger partial charge on any atom is -0.489 e. The Morgan fingerprint density at radius 1 is 1.04 bits per heavy atom. The number of ether oxygens (including phenoxy) is 1. The third-order valence-corrected chi connectivity index (χ3v) is 4.34. The third kappa shape index (κ3) is 6.21. The molecule has 2 aromatic rings. The van der Waals surface area contributed by atoms with E-state index in [2.05, 4.69) is 30.8 Å². The highest BCUT2D eigenvalue weighted by Crippen LogP contribution is 2.18. The number of aryl methyl sites for hydroxylation is 1. The Morgan fingerprint density at radius 2 is 1.79 bits per heavy atom. The summed E-state index contributed by atoms with van der Waals surface area (Å²) >= 11 is 0. The van der Waals surface area contributed by atoms with E-state index < -0.39 is 0 Å². The van der Waals surface area contributed by atoms with Crippen LogP contribution in [0.5, 0.6) is 5.75 Å². The van der Waals surface area contributed by atoms with E-state index in [4.69, 9.17) is 4.74 Å². The van der Waals surface area contributed by atoms with Crippen LogP contribution >= 0.6 is 0 Å². The van der Waals surface area contributed by atoms with Crippen molar-refractivity contribution in [3.8, 4) is 5.75 Å². The Balaban J connectivity index is 1.75. The second-order valence-corrected chi connectivity index (χ2v) is 6.33. The maximum Gasteiger partial charge on any atom is 0.120 e. The molecule has 0 heterocycles. The highest BCUT2D eigenvalue weighted by Gasteiger charge is 2.09. The van der Waals surface area contributed by atoms with Crippen molar-refractivity contribution >= 4 is 0 Å². The van der Waals surface area contributed by atoms with Crippen molar-refractivity contribution in [2.45, 2.75) is 45.3 Å². The molecule has 0 bridgehead atoms. The van der Waals surface area contributed by atoms with Gasteiger partial charge in [0.05, 0.1) is 6.10 Å². The summed E-state index contributed by atoms with van der Waals surface area (Å²) in [5.74, 6) is 1.08. The van der Waals surface area contributed by atoms with Crippen molar-refractivity contribution in [1.82, 2.24) is 0 Å². The lowest BCUT2D eigenvalue weighted by molar-refractivity contribution is 0.125. The first kappa shape index (κ1) is 18.3. The zero-order chi connectivity index (χ0) is 17.2. The van der Waals surface area contributed by atoms with E-state index in [1.165, 1.54) is 11.1 Å². The zero-order valence-electron chi connectivity index (χ0n) is 14.5. The standard InChI is InChI=1S/C22H28O2/c1-3-18(2)22(23)15-8-7-10-19-13-9-14-21(16-19)24-17-20-11-5-4-6-12-20/h3-6,9,11-14,16,18,22-23H,1,7-8,10,15,17H2,2H3/t18-,22+/m0/s1. The molecule has 0 amide bonds. The van der Waals surface area contributed by atoms with Gasteiger partial charge in [0.1, 0.15) is 12.4 Å². The van der Waals surface area contributed by atoms with Gasteiger partial charge in [-0.25, -0.2) is 0 Å². The van der Waals surface area contributed by atoms with E-state index in [-0.39, 0.29) is 12.0 Å². The molecule has 2 rings (SSSR count). The first-order valence-corrected chi connectivity index (χ1v) is 8.75. The summed E-state index contributed by atoms with van der Waals surface area (Å²) in [7, 11) is 0. The highest BCUT2D eigenvalue weighted by atomic mass is 16.5. The number of aliphatic hydroxyl groups is 1. The topological polar surface area (TPSA) is 29.5 Å². The van der Waals surface area contributed by atoms with Crippen LogP contribution in [0.15, 0.2) is 67.3 Å². The number of unbranched alkanes of at least 4 members (excludes halogenated alkanes) is 1. The minimum absolute atomic E-state index is 0.166. The second kappa shape index (κ2) is 9.94. The van der Waals surface area contributed by atoms with Crippen LogP contribution in [-0.4, -0.2) is 11.2 Å². The summed E-state index contributed by atoms with van der Waals surface area (Å²) in [6.45, 7) is 6.33. The van der Waals surface area contributed by atoms with E-state index in [0.29, 0.717) is 6.61 Å². The zero-order valence-corrected chi connectivity index (χ0v) is 14.5. The molecule has 0 aliphatic rings. The van der Waals surface area contributed by atoms with Crippen molar-refractivity contribution in [1.29, 1.82) is 0 Å². The molecule has 0 saturated carbocycles. The van der Waals surface area contributed by atoms with Crippen molar-refractivity contribution < 1.29 is 9.84 Å². The molecule has 2 aromatic carbocycles. The fourth-order valence-electron chi connectivity index (χ4n) is 2.63. The Kier molecular flexibility index (Phi) is 7.57. The number of benzene rings is 2. The normalized spacial score (nSPS) is 13.2. The fraction of sp³-hybridized carbons (Fsp3) is 0.364. The largest absolute Gasteiger partial charge is 0.489 e. The maximum absolute atomic E-state index is 9.95. The second-order valence-electron chi connectivity index (χ2n) is 6.33.